The maximum atomic E-state index is 14.9. The molecule has 32 heavy (non-hydrogen) atoms. The lowest BCUT2D eigenvalue weighted by molar-refractivity contribution is 0.590. The molecule has 4 nitrogen and oxygen atoms in total. The zero-order valence-corrected chi connectivity index (χ0v) is 16.7. The molecule has 0 fully saturated rings. The normalized spacial score (nSPS) is 11.5. The molecule has 0 aliphatic carbocycles. The monoisotopic (exact) mass is 437 g/mol. The predicted molar refractivity (Wildman–Crippen MR) is 112 cm³/mol. The molecule has 3 aromatic carbocycles. The van der Waals surface area contributed by atoms with Gasteiger partial charge in [-0.3, -0.25) is 4.79 Å². The maximum absolute atomic E-state index is 14.9. The van der Waals surface area contributed by atoms with E-state index in [-0.39, 0.29) is 40.0 Å². The molecule has 0 N–H and O–H groups in total. The Balaban J connectivity index is 1.84. The summed E-state index contributed by atoms with van der Waals surface area (Å²) in [5.74, 6) is -2.76. The van der Waals surface area contributed by atoms with Crippen LogP contribution in [0.15, 0.2) is 65.6 Å². The standard InChI is InChI=1S/C24H15F4N3O/c1-13-6-7-14(19(28)10-13)11-30-12-15-22(21-17(26)8-9-18(27)23(21)30)29-31(24(15)32)20-5-3-2-4-16(20)25/h2-10,12H,11H2,1H3. The third kappa shape index (κ3) is 3.07. The summed E-state index contributed by atoms with van der Waals surface area (Å²) in [5.41, 5.74) is -0.191. The Hall–Kier alpha value is -3.94. The lowest BCUT2D eigenvalue weighted by Gasteiger charge is -2.15. The highest BCUT2D eigenvalue weighted by Crippen LogP contribution is 2.32. The van der Waals surface area contributed by atoms with Crippen LogP contribution in [0.4, 0.5) is 17.6 Å². The van der Waals surface area contributed by atoms with Crippen LogP contribution >= 0.6 is 0 Å². The van der Waals surface area contributed by atoms with Crippen molar-refractivity contribution in [2.24, 2.45) is 0 Å². The van der Waals surface area contributed by atoms with E-state index in [1.54, 1.807) is 19.1 Å². The number of para-hydroxylation sites is 1. The van der Waals surface area contributed by atoms with E-state index >= 15 is 0 Å². The minimum atomic E-state index is -0.802. The van der Waals surface area contributed by atoms with Gasteiger partial charge in [-0.05, 0) is 42.8 Å². The van der Waals surface area contributed by atoms with Crippen molar-refractivity contribution >= 4 is 10.9 Å². The lowest BCUT2D eigenvalue weighted by Crippen LogP contribution is -2.16. The molecule has 0 amide bonds. The molecule has 0 atom stereocenters. The minimum Gasteiger partial charge on any atom is -0.340 e. The first-order valence-electron chi connectivity index (χ1n) is 9.75. The van der Waals surface area contributed by atoms with Crippen LogP contribution < -0.4 is 5.56 Å². The lowest BCUT2D eigenvalue weighted by atomic mass is 10.1. The van der Waals surface area contributed by atoms with Crippen LogP contribution in [0.2, 0.25) is 0 Å². The number of aryl methyl sites for hydroxylation is 1. The van der Waals surface area contributed by atoms with Gasteiger partial charge < -0.3 is 4.57 Å². The van der Waals surface area contributed by atoms with E-state index in [0.29, 0.717) is 5.56 Å². The molecule has 5 rings (SSSR count). The topological polar surface area (TPSA) is 39.8 Å². The summed E-state index contributed by atoms with van der Waals surface area (Å²) in [7, 11) is 0. The Labute approximate surface area is 179 Å². The van der Waals surface area contributed by atoms with Crippen molar-refractivity contribution in [1.29, 1.82) is 0 Å². The number of aromatic nitrogens is 3. The van der Waals surface area contributed by atoms with Gasteiger partial charge in [0, 0.05) is 11.8 Å². The van der Waals surface area contributed by atoms with Gasteiger partial charge in [-0.15, -0.1) is 0 Å². The van der Waals surface area contributed by atoms with E-state index in [4.69, 9.17) is 0 Å². The maximum Gasteiger partial charge on any atom is 0.282 e. The molecule has 0 saturated heterocycles. The van der Waals surface area contributed by atoms with Gasteiger partial charge in [0.05, 0.1) is 23.0 Å². The van der Waals surface area contributed by atoms with Crippen LogP contribution in [0.1, 0.15) is 11.1 Å². The zero-order chi connectivity index (χ0) is 22.6. The van der Waals surface area contributed by atoms with Crippen molar-refractivity contribution < 1.29 is 17.6 Å². The van der Waals surface area contributed by atoms with Gasteiger partial charge in [0.1, 0.15) is 34.7 Å². The summed E-state index contributed by atoms with van der Waals surface area (Å²) < 4.78 is 60.6. The number of halogens is 4. The molecule has 0 spiro atoms. The van der Waals surface area contributed by atoms with Crippen molar-refractivity contribution in [2.75, 3.05) is 0 Å². The number of hydrogen-bond donors (Lipinski definition) is 0. The van der Waals surface area contributed by atoms with E-state index < -0.39 is 28.8 Å². The molecule has 3 aromatic rings. The second-order valence-electron chi connectivity index (χ2n) is 7.54. The first-order chi connectivity index (χ1) is 15.3. The molecule has 2 aliphatic rings. The van der Waals surface area contributed by atoms with Gasteiger partial charge in [0.15, 0.2) is 0 Å². The average Bonchev–Trinajstić information content (AvgIpc) is 3.09. The smallest absolute Gasteiger partial charge is 0.282 e. The van der Waals surface area contributed by atoms with Gasteiger partial charge in [-0.25, -0.2) is 17.6 Å². The Morgan fingerprint density at radius 3 is 2.38 bits per heavy atom. The minimum absolute atomic E-state index is 0.0437. The molecular formula is C24H15F4N3O. The number of nitrogens with zero attached hydrogens (tertiary/aromatic N) is 3. The Kier molecular flexibility index (Phi) is 4.58. The number of fused-ring (bicyclic) bond motifs is 3. The molecule has 0 saturated carbocycles. The van der Waals surface area contributed by atoms with E-state index in [2.05, 4.69) is 5.10 Å². The average molecular weight is 437 g/mol. The highest BCUT2D eigenvalue weighted by atomic mass is 19.1. The fraction of sp³-hybridized carbons (Fsp3) is 0.0833. The molecule has 0 unspecified atom stereocenters. The number of hydrogen-bond acceptors (Lipinski definition) is 2. The Bertz CT molecular complexity index is 1540. The van der Waals surface area contributed by atoms with Gasteiger partial charge >= 0.3 is 0 Å². The quantitative estimate of drug-likeness (QED) is 0.364. The van der Waals surface area contributed by atoms with Crippen LogP contribution in [0.5, 0.6) is 0 Å². The first-order valence-corrected chi connectivity index (χ1v) is 9.75. The van der Waals surface area contributed by atoms with Crippen LogP contribution in [-0.4, -0.2) is 14.3 Å². The largest absolute Gasteiger partial charge is 0.340 e. The van der Waals surface area contributed by atoms with Gasteiger partial charge in [-0.1, -0.05) is 24.3 Å². The second kappa shape index (κ2) is 7.33. The Morgan fingerprint density at radius 2 is 1.62 bits per heavy atom. The molecule has 8 heteroatoms. The van der Waals surface area contributed by atoms with Crippen LogP contribution in [-0.2, 0) is 6.54 Å². The van der Waals surface area contributed by atoms with E-state index in [1.807, 2.05) is 0 Å². The van der Waals surface area contributed by atoms with Crippen molar-refractivity contribution in [3.05, 3.63) is 106 Å². The molecular weight excluding hydrogens is 422 g/mol. The van der Waals surface area contributed by atoms with Crippen molar-refractivity contribution in [1.82, 2.24) is 14.3 Å². The van der Waals surface area contributed by atoms with Crippen molar-refractivity contribution in [3.63, 3.8) is 0 Å². The molecule has 160 valence electrons. The third-order valence-corrected chi connectivity index (χ3v) is 5.39. The first kappa shape index (κ1) is 20.0. The molecule has 2 heterocycles. The highest BCUT2D eigenvalue weighted by molar-refractivity contribution is 5.94. The zero-order valence-electron chi connectivity index (χ0n) is 16.7. The van der Waals surface area contributed by atoms with Gasteiger partial charge in [0.2, 0.25) is 0 Å². The summed E-state index contributed by atoms with van der Waals surface area (Å²) in [6.07, 6.45) is 1.30. The number of rotatable bonds is 3. The fourth-order valence-electron chi connectivity index (χ4n) is 3.86. The number of pyridine rings is 1. The van der Waals surface area contributed by atoms with Crippen molar-refractivity contribution in [2.45, 2.75) is 13.5 Å². The Morgan fingerprint density at radius 1 is 0.875 bits per heavy atom. The van der Waals surface area contributed by atoms with Crippen molar-refractivity contribution in [3.8, 4) is 16.9 Å². The summed E-state index contributed by atoms with van der Waals surface area (Å²) in [4.78, 5) is 13.1. The fourth-order valence-corrected chi connectivity index (χ4v) is 3.86. The van der Waals surface area contributed by atoms with Gasteiger partial charge in [-0.2, -0.15) is 9.78 Å². The van der Waals surface area contributed by atoms with Gasteiger partial charge in [0.25, 0.3) is 5.56 Å². The SMILES string of the molecule is Cc1ccc(Cn2cc3c(=O)n(-c4ccccc4F)nc-3c3c(F)ccc(F)c32)c(F)c1. The second-order valence-corrected chi connectivity index (χ2v) is 7.54. The molecule has 0 bridgehead atoms. The van der Waals surface area contributed by atoms with Crippen LogP contribution in [0.3, 0.4) is 0 Å². The molecule has 2 aliphatic heterocycles. The van der Waals surface area contributed by atoms with Crippen LogP contribution in [0, 0.1) is 30.2 Å². The summed E-state index contributed by atoms with van der Waals surface area (Å²) in [5, 5.41) is 3.89. The summed E-state index contributed by atoms with van der Waals surface area (Å²) in [6, 6.07) is 12.0. The predicted octanol–water partition coefficient (Wildman–Crippen LogP) is 5.21. The van der Waals surface area contributed by atoms with E-state index in [9.17, 15) is 22.4 Å². The van der Waals surface area contributed by atoms with E-state index in [1.165, 1.54) is 41.1 Å². The van der Waals surface area contributed by atoms with E-state index in [0.717, 1.165) is 16.8 Å². The third-order valence-electron chi connectivity index (χ3n) is 5.39. The molecule has 0 radical (unpaired) electrons. The highest BCUT2D eigenvalue weighted by Gasteiger charge is 2.25. The summed E-state index contributed by atoms with van der Waals surface area (Å²) >= 11 is 0. The van der Waals surface area contributed by atoms with Crippen LogP contribution in [0.25, 0.3) is 27.8 Å². The number of benzene rings is 3. The molecule has 0 aromatic heterocycles. The summed E-state index contributed by atoms with van der Waals surface area (Å²) in [6.45, 7) is 1.58.